The van der Waals surface area contributed by atoms with Crippen molar-refractivity contribution in [2.45, 2.75) is 115 Å². The lowest BCUT2D eigenvalue weighted by Crippen LogP contribution is -2.64. The fourth-order valence-corrected chi connectivity index (χ4v) is 9.94. The summed E-state index contributed by atoms with van der Waals surface area (Å²) >= 11 is 0. The molecule has 5 fully saturated rings. The molecule has 1 aliphatic heterocycles. The highest BCUT2D eigenvalue weighted by atomic mass is 16.7. The molecule has 4 saturated carbocycles. The van der Waals surface area contributed by atoms with Crippen LogP contribution in [-0.2, 0) is 23.9 Å². The van der Waals surface area contributed by atoms with Crippen molar-refractivity contribution in [3.8, 4) is 0 Å². The third-order valence-corrected chi connectivity index (χ3v) is 12.0. The van der Waals surface area contributed by atoms with Crippen LogP contribution in [0, 0.1) is 40.4 Å². The van der Waals surface area contributed by atoms with Gasteiger partial charge >= 0.3 is 5.97 Å². The van der Waals surface area contributed by atoms with Crippen molar-refractivity contribution in [2.24, 2.45) is 40.4 Å². The molecule has 4 unspecified atom stereocenters. The van der Waals surface area contributed by atoms with Crippen molar-refractivity contribution >= 4 is 17.5 Å². The number of rotatable bonds is 6. The number of Topliss-reactive ketones (excluding diaryl/α,β-unsaturated/α-hetero) is 1. The molecular weight excluding hydrogens is 512 g/mol. The Labute approximate surface area is 236 Å². The molecule has 0 bridgehead atoms. The second kappa shape index (κ2) is 9.85. The van der Waals surface area contributed by atoms with Gasteiger partial charge in [-0.2, -0.15) is 0 Å². The largest absolute Gasteiger partial charge is 0.481 e. The lowest BCUT2D eigenvalue weighted by Gasteiger charge is -2.60. The molecule has 1 saturated heterocycles. The first-order chi connectivity index (χ1) is 18.9. The van der Waals surface area contributed by atoms with E-state index in [9.17, 15) is 29.7 Å². The summed E-state index contributed by atoms with van der Waals surface area (Å²) in [7, 11) is 0. The van der Waals surface area contributed by atoms with Crippen molar-refractivity contribution in [3.05, 3.63) is 23.8 Å². The van der Waals surface area contributed by atoms with Gasteiger partial charge in [0.15, 0.2) is 23.5 Å². The van der Waals surface area contributed by atoms with Gasteiger partial charge in [-0.25, -0.2) is 0 Å². The number of fused-ring (bicyclic) bond motifs is 7. The number of aliphatic hydroxyl groups is 2. The number of aliphatic hydroxyl groups excluding tert-OH is 2. The van der Waals surface area contributed by atoms with Crippen LogP contribution in [0.1, 0.15) is 85.0 Å². The highest BCUT2D eigenvalue weighted by Crippen LogP contribution is 2.70. The van der Waals surface area contributed by atoms with E-state index in [1.807, 2.05) is 13.0 Å². The quantitative estimate of drug-likeness (QED) is 0.448. The maximum atomic E-state index is 14.4. The van der Waals surface area contributed by atoms with Crippen molar-refractivity contribution < 1.29 is 39.2 Å². The lowest BCUT2D eigenvalue weighted by atomic mass is 9.46. The van der Waals surface area contributed by atoms with Crippen LogP contribution in [0.15, 0.2) is 23.8 Å². The van der Waals surface area contributed by atoms with Crippen LogP contribution in [0.25, 0.3) is 0 Å². The molecule has 0 amide bonds. The molecule has 220 valence electrons. The molecule has 6 rings (SSSR count). The zero-order valence-electron chi connectivity index (χ0n) is 23.9. The minimum absolute atomic E-state index is 0.00987. The number of ketones is 2. The Bertz CT molecular complexity index is 1140. The summed E-state index contributed by atoms with van der Waals surface area (Å²) in [5, 5.41) is 32.6. The summed E-state index contributed by atoms with van der Waals surface area (Å²) < 4.78 is 13.5. The highest BCUT2D eigenvalue weighted by molar-refractivity contribution is 6.01. The molecule has 0 aromatic rings. The van der Waals surface area contributed by atoms with E-state index < -0.39 is 58.7 Å². The Hall–Kier alpha value is -1.87. The van der Waals surface area contributed by atoms with Gasteiger partial charge in [0.25, 0.3) is 0 Å². The SMILES string of the molecule is CC(CC(O)C(=O)[C@@]12OC(C3CCCCC3)OC1C[C@H]1[C@@H]3CCC4=CC(=O)C=C[C@]4(C)[C@H]3[C@@H](O)C[C@@]12C)C(=O)O. The topological polar surface area (TPSA) is 130 Å². The van der Waals surface area contributed by atoms with Crippen LogP contribution in [-0.4, -0.2) is 63.1 Å². The smallest absolute Gasteiger partial charge is 0.306 e. The molecule has 6 aliphatic rings. The van der Waals surface area contributed by atoms with Crippen molar-refractivity contribution in [3.63, 3.8) is 0 Å². The van der Waals surface area contributed by atoms with Gasteiger partial charge in [0.1, 0.15) is 6.10 Å². The van der Waals surface area contributed by atoms with Crippen molar-refractivity contribution in [1.82, 2.24) is 0 Å². The Morgan fingerprint density at radius 2 is 1.88 bits per heavy atom. The molecule has 8 heteroatoms. The van der Waals surface area contributed by atoms with Crippen LogP contribution < -0.4 is 0 Å². The number of carboxylic acids is 1. The number of carboxylic acid groups (broad SMARTS) is 1. The predicted molar refractivity (Wildman–Crippen MR) is 145 cm³/mol. The van der Waals surface area contributed by atoms with Gasteiger partial charge in [-0.15, -0.1) is 0 Å². The second-order valence-corrected chi connectivity index (χ2v) is 14.0. The number of carbonyl (C=O) groups excluding carboxylic acids is 2. The van der Waals surface area contributed by atoms with Gasteiger partial charge in [0, 0.05) is 22.7 Å². The number of hydrogen-bond acceptors (Lipinski definition) is 7. The number of ether oxygens (including phenoxy) is 2. The maximum Gasteiger partial charge on any atom is 0.306 e. The standard InChI is InChI=1S/C32H44O8/c1-17(28(37)38)13-23(34)27(36)32-25(39-29(40-32)18-7-5-4-6-8-18)15-22-21-10-9-19-14-20(33)11-12-30(19,2)26(21)24(35)16-31(22,32)3/h11-12,14,17-18,21-26,29,34-35H,4-10,13,15-16H2,1-3H3,(H,37,38)/t17?,21-,22-,23?,24-,25?,26+,29?,30-,31-,32-/m0/s1. The van der Waals surface area contributed by atoms with Crippen LogP contribution in [0.5, 0.6) is 0 Å². The van der Waals surface area contributed by atoms with Crippen LogP contribution in [0.4, 0.5) is 0 Å². The maximum absolute atomic E-state index is 14.4. The van der Waals surface area contributed by atoms with Crippen LogP contribution >= 0.6 is 0 Å². The minimum atomic E-state index is -1.50. The lowest BCUT2D eigenvalue weighted by molar-refractivity contribution is -0.212. The van der Waals surface area contributed by atoms with Gasteiger partial charge in [0.05, 0.1) is 18.1 Å². The molecule has 0 spiro atoms. The van der Waals surface area contributed by atoms with E-state index in [0.29, 0.717) is 12.8 Å². The van der Waals surface area contributed by atoms with Gasteiger partial charge in [-0.05, 0) is 68.9 Å². The highest BCUT2D eigenvalue weighted by Gasteiger charge is 2.76. The molecule has 11 atom stereocenters. The summed E-state index contributed by atoms with van der Waals surface area (Å²) in [5.74, 6) is -2.29. The molecule has 1 heterocycles. The molecular formula is C32H44O8. The molecule has 8 nitrogen and oxygen atoms in total. The second-order valence-electron chi connectivity index (χ2n) is 14.0. The number of allylic oxidation sites excluding steroid dienone is 4. The third kappa shape index (κ3) is 3.96. The first-order valence-electron chi connectivity index (χ1n) is 15.3. The first-order valence-corrected chi connectivity index (χ1v) is 15.3. The van der Waals surface area contributed by atoms with E-state index in [1.165, 1.54) is 13.3 Å². The molecule has 0 radical (unpaired) electrons. The first kappa shape index (κ1) is 28.3. The minimum Gasteiger partial charge on any atom is -0.481 e. The molecule has 40 heavy (non-hydrogen) atoms. The summed E-state index contributed by atoms with van der Waals surface area (Å²) in [5.41, 5.74) is -1.61. The van der Waals surface area contributed by atoms with E-state index in [1.54, 1.807) is 12.2 Å². The molecule has 0 aromatic heterocycles. The monoisotopic (exact) mass is 556 g/mol. The van der Waals surface area contributed by atoms with Crippen molar-refractivity contribution in [2.75, 3.05) is 0 Å². The van der Waals surface area contributed by atoms with Crippen LogP contribution in [0.2, 0.25) is 0 Å². The van der Waals surface area contributed by atoms with E-state index in [2.05, 4.69) is 6.92 Å². The fraction of sp³-hybridized carbons (Fsp3) is 0.781. The Balaban J connectivity index is 1.38. The average molecular weight is 557 g/mol. The number of carbonyl (C=O) groups is 3. The van der Waals surface area contributed by atoms with Gasteiger partial charge in [-0.1, -0.05) is 51.7 Å². The van der Waals surface area contributed by atoms with Crippen molar-refractivity contribution in [1.29, 1.82) is 0 Å². The van der Waals surface area contributed by atoms with E-state index in [0.717, 1.165) is 44.1 Å². The van der Waals surface area contributed by atoms with Gasteiger partial charge in [-0.3, -0.25) is 14.4 Å². The zero-order chi connectivity index (χ0) is 28.6. The number of hydrogen-bond donors (Lipinski definition) is 3. The third-order valence-electron chi connectivity index (χ3n) is 12.0. The summed E-state index contributed by atoms with van der Waals surface area (Å²) in [6.07, 6.45) is 9.50. The predicted octanol–water partition coefficient (Wildman–Crippen LogP) is 3.98. The molecule has 3 N–H and O–H groups in total. The van der Waals surface area contributed by atoms with E-state index in [-0.39, 0.29) is 35.9 Å². The van der Waals surface area contributed by atoms with E-state index >= 15 is 0 Å². The Kier molecular flexibility index (Phi) is 6.96. The fourth-order valence-electron chi connectivity index (χ4n) is 9.94. The Morgan fingerprint density at radius 1 is 1.15 bits per heavy atom. The summed E-state index contributed by atoms with van der Waals surface area (Å²) in [6, 6.07) is 0. The molecule has 0 aromatic carbocycles. The van der Waals surface area contributed by atoms with Crippen LogP contribution in [0.3, 0.4) is 0 Å². The van der Waals surface area contributed by atoms with Gasteiger partial charge in [0.2, 0.25) is 0 Å². The Morgan fingerprint density at radius 3 is 2.58 bits per heavy atom. The normalized spacial score (nSPS) is 46.0. The van der Waals surface area contributed by atoms with E-state index in [4.69, 9.17) is 9.47 Å². The average Bonchev–Trinajstić information content (AvgIpc) is 3.41. The number of aliphatic carboxylic acids is 1. The summed E-state index contributed by atoms with van der Waals surface area (Å²) in [4.78, 5) is 38.2. The zero-order valence-corrected chi connectivity index (χ0v) is 23.9. The summed E-state index contributed by atoms with van der Waals surface area (Å²) in [6.45, 7) is 5.64. The molecule has 5 aliphatic carbocycles. The van der Waals surface area contributed by atoms with Gasteiger partial charge < -0.3 is 24.8 Å².